The number of carboxylic acid groups (broad SMARTS) is 1. The standard InChI is InChI=1S/C27H34O5/c1-5-7-10-13-31-24-16-25-20(14-18(24)6-2)19-11-8-9-12-23(28)22(27(29)30)15-21(19)26(32-25)17(3)4/h6,14-17,26H,2,5,7-13H2,1,3-4H3,(H,29,30)/b22-15+. The summed E-state index contributed by atoms with van der Waals surface area (Å²) in [6, 6.07) is 3.97. The first kappa shape index (κ1) is 23.8. The number of fused-ring (bicyclic) bond motifs is 2. The van der Waals surface area contributed by atoms with Gasteiger partial charge in [-0.1, -0.05) is 46.3 Å². The molecule has 1 N–H and O–H groups in total. The first-order valence-corrected chi connectivity index (χ1v) is 11.7. The maximum absolute atomic E-state index is 12.5. The Kier molecular flexibility index (Phi) is 7.94. The molecule has 0 saturated carbocycles. The van der Waals surface area contributed by atoms with E-state index >= 15 is 0 Å². The molecule has 0 aromatic heterocycles. The normalized spacial score (nSPS) is 20.2. The fraction of sp³-hybridized carbons (Fsp3) is 0.481. The lowest BCUT2D eigenvalue weighted by Gasteiger charge is -2.33. The van der Waals surface area contributed by atoms with E-state index in [1.807, 2.05) is 26.0 Å². The molecule has 172 valence electrons. The van der Waals surface area contributed by atoms with Crippen molar-refractivity contribution in [3.05, 3.63) is 47.1 Å². The molecular formula is C27H34O5. The highest BCUT2D eigenvalue weighted by Gasteiger charge is 2.33. The predicted octanol–water partition coefficient (Wildman–Crippen LogP) is 6.22. The number of ketones is 1. The van der Waals surface area contributed by atoms with E-state index in [1.54, 1.807) is 12.2 Å². The van der Waals surface area contributed by atoms with Crippen LogP contribution in [0.2, 0.25) is 0 Å². The number of rotatable bonds is 8. The van der Waals surface area contributed by atoms with Gasteiger partial charge in [0.15, 0.2) is 5.78 Å². The average Bonchev–Trinajstić information content (AvgIpc) is 2.84. The number of hydrogen-bond acceptors (Lipinski definition) is 4. The van der Waals surface area contributed by atoms with Gasteiger partial charge in [-0.25, -0.2) is 4.79 Å². The summed E-state index contributed by atoms with van der Waals surface area (Å²) < 4.78 is 12.5. The van der Waals surface area contributed by atoms with E-state index < -0.39 is 5.97 Å². The molecule has 0 fully saturated rings. The van der Waals surface area contributed by atoms with Gasteiger partial charge in [0.05, 0.1) is 6.61 Å². The molecule has 1 aliphatic carbocycles. The number of ether oxygens (including phenoxy) is 2. The van der Waals surface area contributed by atoms with Crippen LogP contribution in [0.25, 0.3) is 11.6 Å². The van der Waals surface area contributed by atoms with Crippen LogP contribution >= 0.6 is 0 Å². The van der Waals surface area contributed by atoms with Gasteiger partial charge in [0.2, 0.25) is 0 Å². The van der Waals surface area contributed by atoms with Gasteiger partial charge in [-0.05, 0) is 54.9 Å². The Labute approximate surface area is 190 Å². The third kappa shape index (κ3) is 5.14. The van der Waals surface area contributed by atoms with Gasteiger partial charge in [0, 0.05) is 23.6 Å². The first-order valence-electron chi connectivity index (χ1n) is 11.7. The minimum Gasteiger partial charge on any atom is -0.493 e. The van der Waals surface area contributed by atoms with Crippen molar-refractivity contribution in [2.45, 2.75) is 71.8 Å². The number of unbranched alkanes of at least 4 members (excludes halogenated alkanes) is 2. The summed E-state index contributed by atoms with van der Waals surface area (Å²) in [7, 11) is 0. The summed E-state index contributed by atoms with van der Waals surface area (Å²) in [5, 5.41) is 9.68. The van der Waals surface area contributed by atoms with E-state index in [2.05, 4.69) is 13.5 Å². The van der Waals surface area contributed by atoms with E-state index in [9.17, 15) is 14.7 Å². The predicted molar refractivity (Wildman–Crippen MR) is 127 cm³/mol. The molecule has 1 aliphatic heterocycles. The molecule has 1 atom stereocenters. The van der Waals surface area contributed by atoms with Gasteiger partial charge in [-0.3, -0.25) is 4.79 Å². The number of aliphatic carboxylic acids is 1. The number of benzene rings is 1. The van der Waals surface area contributed by atoms with Crippen LogP contribution in [0.5, 0.6) is 11.5 Å². The van der Waals surface area contributed by atoms with Crippen LogP contribution in [0.3, 0.4) is 0 Å². The van der Waals surface area contributed by atoms with Gasteiger partial charge in [0.1, 0.15) is 23.2 Å². The van der Waals surface area contributed by atoms with E-state index in [0.29, 0.717) is 13.0 Å². The highest BCUT2D eigenvalue weighted by atomic mass is 16.5. The Morgan fingerprint density at radius 3 is 2.69 bits per heavy atom. The maximum Gasteiger partial charge on any atom is 0.339 e. The molecule has 1 heterocycles. The van der Waals surface area contributed by atoms with Crippen molar-refractivity contribution in [1.29, 1.82) is 0 Å². The smallest absolute Gasteiger partial charge is 0.339 e. The van der Waals surface area contributed by atoms with Gasteiger partial charge in [0.25, 0.3) is 0 Å². The van der Waals surface area contributed by atoms with E-state index in [0.717, 1.165) is 65.9 Å². The molecule has 0 bridgehead atoms. The van der Waals surface area contributed by atoms with Crippen molar-refractivity contribution in [2.24, 2.45) is 5.92 Å². The molecule has 0 amide bonds. The maximum atomic E-state index is 12.5. The molecule has 5 heteroatoms. The molecule has 1 unspecified atom stereocenters. The Hall–Kier alpha value is -2.82. The highest BCUT2D eigenvalue weighted by Crippen LogP contribution is 2.45. The fourth-order valence-electron chi connectivity index (χ4n) is 4.34. The Morgan fingerprint density at radius 1 is 1.28 bits per heavy atom. The quantitative estimate of drug-likeness (QED) is 0.385. The third-order valence-electron chi connectivity index (χ3n) is 6.09. The summed E-state index contributed by atoms with van der Waals surface area (Å²) in [5.74, 6) is 0.0981. The first-order chi connectivity index (χ1) is 15.4. The van der Waals surface area contributed by atoms with Crippen molar-refractivity contribution >= 4 is 23.4 Å². The molecule has 32 heavy (non-hydrogen) atoms. The largest absolute Gasteiger partial charge is 0.493 e. The molecule has 1 aromatic carbocycles. The summed E-state index contributed by atoms with van der Waals surface area (Å²) in [5.41, 5.74) is 3.52. The molecule has 0 saturated heterocycles. The lowest BCUT2D eigenvalue weighted by Crippen LogP contribution is -2.30. The molecular weight excluding hydrogens is 404 g/mol. The van der Waals surface area contributed by atoms with Crippen molar-refractivity contribution in [3.63, 3.8) is 0 Å². The number of carbonyl (C=O) groups is 2. The van der Waals surface area contributed by atoms with Crippen molar-refractivity contribution < 1.29 is 24.2 Å². The van der Waals surface area contributed by atoms with E-state index in [1.165, 1.54) is 0 Å². The van der Waals surface area contributed by atoms with Gasteiger partial charge >= 0.3 is 5.97 Å². The van der Waals surface area contributed by atoms with E-state index in [4.69, 9.17) is 9.47 Å². The number of carboxylic acids is 1. The Balaban J connectivity index is 2.14. The Bertz CT molecular complexity index is 951. The van der Waals surface area contributed by atoms with Gasteiger partial charge in [-0.2, -0.15) is 0 Å². The van der Waals surface area contributed by atoms with Crippen molar-refractivity contribution in [3.8, 4) is 11.5 Å². The second-order valence-corrected chi connectivity index (χ2v) is 8.86. The van der Waals surface area contributed by atoms with E-state index in [-0.39, 0.29) is 29.8 Å². The van der Waals surface area contributed by atoms with Crippen molar-refractivity contribution in [1.82, 2.24) is 0 Å². The number of carbonyl (C=O) groups excluding carboxylic acids is 1. The molecule has 0 spiro atoms. The number of hydrogen-bond donors (Lipinski definition) is 1. The SMILES string of the molecule is C=Cc1cc2c(cc1OCCCCC)OC(C(C)C)C1=C2CCCCC(=O)/C(C(=O)O)=C\1. The molecule has 2 aliphatic rings. The third-order valence-corrected chi connectivity index (χ3v) is 6.09. The second-order valence-electron chi connectivity index (χ2n) is 8.86. The summed E-state index contributed by atoms with van der Waals surface area (Å²) in [4.78, 5) is 24.4. The summed E-state index contributed by atoms with van der Waals surface area (Å²) in [6.45, 7) is 10.8. The van der Waals surface area contributed by atoms with Crippen LogP contribution in [0.15, 0.2) is 35.9 Å². The number of Topliss-reactive ketones (excluding diaryl/α,β-unsaturated/α-hetero) is 1. The fourth-order valence-corrected chi connectivity index (χ4v) is 4.34. The average molecular weight is 439 g/mol. The van der Waals surface area contributed by atoms with Crippen LogP contribution in [0.1, 0.15) is 76.8 Å². The topological polar surface area (TPSA) is 72.8 Å². The second kappa shape index (κ2) is 10.7. The van der Waals surface area contributed by atoms with Crippen LogP contribution in [0, 0.1) is 5.92 Å². The Morgan fingerprint density at radius 2 is 2.03 bits per heavy atom. The monoisotopic (exact) mass is 438 g/mol. The minimum absolute atomic E-state index is 0.100. The van der Waals surface area contributed by atoms with Gasteiger partial charge in [-0.15, -0.1) is 0 Å². The van der Waals surface area contributed by atoms with Crippen LogP contribution in [-0.2, 0) is 9.59 Å². The van der Waals surface area contributed by atoms with Crippen molar-refractivity contribution in [2.75, 3.05) is 6.61 Å². The summed E-state index contributed by atoms with van der Waals surface area (Å²) >= 11 is 0. The lowest BCUT2D eigenvalue weighted by molar-refractivity contribution is -0.134. The van der Waals surface area contributed by atoms with Crippen LogP contribution in [-0.4, -0.2) is 29.6 Å². The van der Waals surface area contributed by atoms with Crippen LogP contribution < -0.4 is 9.47 Å². The number of allylic oxidation sites excluding steroid dienone is 1. The summed E-state index contributed by atoms with van der Waals surface area (Å²) in [6.07, 6.45) is 8.74. The van der Waals surface area contributed by atoms with Gasteiger partial charge < -0.3 is 14.6 Å². The molecule has 1 aromatic rings. The minimum atomic E-state index is -1.18. The zero-order valence-electron chi connectivity index (χ0n) is 19.4. The molecule has 5 nitrogen and oxygen atoms in total. The molecule has 3 rings (SSSR count). The zero-order chi connectivity index (χ0) is 23.3. The highest BCUT2D eigenvalue weighted by molar-refractivity contribution is 6.17. The molecule has 0 radical (unpaired) electrons. The van der Waals surface area contributed by atoms with Crippen LogP contribution in [0.4, 0.5) is 0 Å². The zero-order valence-corrected chi connectivity index (χ0v) is 19.4. The lowest BCUT2D eigenvalue weighted by atomic mass is 9.84.